The molecule has 3 rings (SSSR count). The molecular weight excluding hydrogens is 367 g/mol. The minimum atomic E-state index is -1.96. The number of aromatic nitrogens is 1. The number of aliphatic hydroxyl groups is 2. The molecule has 2 fully saturated rings. The van der Waals surface area contributed by atoms with E-state index in [2.05, 4.69) is 10.3 Å². The van der Waals surface area contributed by atoms with Crippen LogP contribution in [-0.4, -0.2) is 70.4 Å². The first-order valence-electron chi connectivity index (χ1n) is 7.97. The smallest absolute Gasteiger partial charge is 0.414 e. The monoisotopic (exact) mass is 386 g/mol. The first-order chi connectivity index (χ1) is 12.2. The van der Waals surface area contributed by atoms with Crippen LogP contribution < -0.4 is 15.1 Å². The number of amides is 2. The second-order valence-electron chi connectivity index (χ2n) is 6.07. The molecule has 0 unspecified atom stereocenters. The van der Waals surface area contributed by atoms with Crippen LogP contribution in [0, 0.1) is 5.82 Å². The van der Waals surface area contributed by atoms with Crippen molar-refractivity contribution in [3.63, 3.8) is 0 Å². The number of hydrogen-bond acceptors (Lipinski definition) is 8. The van der Waals surface area contributed by atoms with Crippen molar-refractivity contribution >= 4 is 35.3 Å². The van der Waals surface area contributed by atoms with Crippen molar-refractivity contribution in [2.45, 2.75) is 18.1 Å². The number of ether oxygens (including phenoxy) is 1. The first kappa shape index (κ1) is 18.7. The Hall–Kier alpha value is -2.11. The van der Waals surface area contributed by atoms with Gasteiger partial charge in [0.1, 0.15) is 6.10 Å². The summed E-state index contributed by atoms with van der Waals surface area (Å²) in [5.41, 5.74) is 0.229. The van der Waals surface area contributed by atoms with Crippen molar-refractivity contribution in [3.8, 4) is 0 Å². The predicted octanol–water partition coefficient (Wildman–Crippen LogP) is -0.126. The van der Waals surface area contributed by atoms with Crippen LogP contribution in [0.2, 0.25) is 0 Å². The largest absolute Gasteiger partial charge is 0.442 e. The summed E-state index contributed by atoms with van der Waals surface area (Å²) in [6.07, 6.45) is 0.157. The number of pyridine rings is 1. The van der Waals surface area contributed by atoms with Crippen LogP contribution in [0.1, 0.15) is 6.92 Å². The number of thioether (sulfide) groups is 1. The van der Waals surface area contributed by atoms with E-state index in [0.717, 1.165) is 17.8 Å². The van der Waals surface area contributed by atoms with E-state index in [1.165, 1.54) is 22.9 Å². The molecule has 2 aliphatic rings. The van der Waals surface area contributed by atoms with Crippen LogP contribution >= 0.6 is 11.8 Å². The number of anilines is 2. The van der Waals surface area contributed by atoms with Gasteiger partial charge in [-0.25, -0.2) is 14.2 Å². The third-order valence-corrected chi connectivity index (χ3v) is 4.94. The standard InChI is InChI=1S/C15H19FN4O5S/c1-9(21)17-6-11-7-20(14(22)25-11)10-4-12(16)13(18-5-10)19-2-3-26-15(23,24)8-19/h4-5,11,23-24H,2-3,6-8H2,1H3,(H,17,21)/t11-/m0/s1. The van der Waals surface area contributed by atoms with E-state index < -0.39 is 23.1 Å². The normalized spacial score (nSPS) is 22.3. The number of carbonyl (C=O) groups excluding carboxylic acids is 2. The summed E-state index contributed by atoms with van der Waals surface area (Å²) in [6.45, 7) is 1.94. The van der Waals surface area contributed by atoms with Gasteiger partial charge in [-0.1, -0.05) is 11.8 Å². The zero-order chi connectivity index (χ0) is 18.9. The lowest BCUT2D eigenvalue weighted by atomic mass is 10.3. The lowest BCUT2D eigenvalue weighted by Crippen LogP contribution is -2.47. The zero-order valence-electron chi connectivity index (χ0n) is 14.0. The number of cyclic esters (lactones) is 1. The zero-order valence-corrected chi connectivity index (χ0v) is 14.8. The van der Waals surface area contributed by atoms with E-state index in [1.807, 2.05) is 0 Å². The van der Waals surface area contributed by atoms with E-state index in [9.17, 15) is 24.2 Å². The molecule has 26 heavy (non-hydrogen) atoms. The lowest BCUT2D eigenvalue weighted by Gasteiger charge is -2.35. The first-order valence-corrected chi connectivity index (χ1v) is 8.95. The van der Waals surface area contributed by atoms with Gasteiger partial charge in [-0.2, -0.15) is 0 Å². The fraction of sp³-hybridized carbons (Fsp3) is 0.533. The second kappa shape index (κ2) is 7.25. The molecular formula is C15H19FN4O5S. The van der Waals surface area contributed by atoms with Gasteiger partial charge in [0.25, 0.3) is 0 Å². The molecule has 2 aliphatic heterocycles. The van der Waals surface area contributed by atoms with E-state index in [0.29, 0.717) is 12.3 Å². The highest BCUT2D eigenvalue weighted by Gasteiger charge is 2.35. The number of nitrogens with zero attached hydrogens (tertiary/aromatic N) is 3. The van der Waals surface area contributed by atoms with Gasteiger partial charge in [-0.15, -0.1) is 0 Å². The van der Waals surface area contributed by atoms with Gasteiger partial charge in [0.2, 0.25) is 11.0 Å². The van der Waals surface area contributed by atoms with Crippen molar-refractivity contribution < 1.29 is 28.9 Å². The molecule has 1 aromatic heterocycles. The van der Waals surface area contributed by atoms with Gasteiger partial charge in [-0.05, 0) is 0 Å². The van der Waals surface area contributed by atoms with Crippen LogP contribution in [0.25, 0.3) is 0 Å². The molecule has 3 N–H and O–H groups in total. The summed E-state index contributed by atoms with van der Waals surface area (Å²) in [5, 5.41) is 20.0. The van der Waals surface area contributed by atoms with Gasteiger partial charge in [0.05, 0.1) is 31.5 Å². The topological polar surface area (TPSA) is 115 Å². The molecule has 0 aromatic carbocycles. The van der Waals surface area contributed by atoms with Crippen molar-refractivity contribution in [3.05, 3.63) is 18.1 Å². The second-order valence-corrected chi connectivity index (χ2v) is 7.42. The summed E-state index contributed by atoms with van der Waals surface area (Å²) >= 11 is 0.975. The molecule has 2 amide bonds. The van der Waals surface area contributed by atoms with E-state index in [-0.39, 0.29) is 37.0 Å². The Morgan fingerprint density at radius 3 is 3.00 bits per heavy atom. The Morgan fingerprint density at radius 2 is 2.35 bits per heavy atom. The number of β-amino-alcohol motifs (C(OH)–C–C–N with tert-alkyl or cyclic N) is 2. The average Bonchev–Trinajstić information content (AvgIpc) is 2.93. The maximum Gasteiger partial charge on any atom is 0.414 e. The maximum atomic E-state index is 14.5. The van der Waals surface area contributed by atoms with Gasteiger partial charge in [0, 0.05) is 25.3 Å². The van der Waals surface area contributed by atoms with E-state index in [1.54, 1.807) is 0 Å². The van der Waals surface area contributed by atoms with Gasteiger partial charge >= 0.3 is 6.09 Å². The third kappa shape index (κ3) is 4.17. The molecule has 0 aliphatic carbocycles. The minimum absolute atomic E-state index is 0.0103. The third-order valence-electron chi connectivity index (χ3n) is 3.96. The molecule has 0 spiro atoms. The molecule has 0 radical (unpaired) electrons. The summed E-state index contributed by atoms with van der Waals surface area (Å²) in [4.78, 5) is 29.6. The highest BCUT2D eigenvalue weighted by molar-refractivity contribution is 8.00. The number of nitrogens with one attached hydrogen (secondary N) is 1. The van der Waals surface area contributed by atoms with Gasteiger partial charge in [0.15, 0.2) is 11.6 Å². The highest BCUT2D eigenvalue weighted by Crippen LogP contribution is 2.31. The molecule has 1 aromatic rings. The van der Waals surface area contributed by atoms with Crippen LogP contribution in [0.3, 0.4) is 0 Å². The minimum Gasteiger partial charge on any atom is -0.442 e. The van der Waals surface area contributed by atoms with Crippen LogP contribution in [-0.2, 0) is 9.53 Å². The summed E-state index contributed by atoms with van der Waals surface area (Å²) in [7, 11) is 0. The molecule has 9 nitrogen and oxygen atoms in total. The summed E-state index contributed by atoms with van der Waals surface area (Å²) < 4.78 is 19.6. The lowest BCUT2D eigenvalue weighted by molar-refractivity contribution is -0.119. The fourth-order valence-electron chi connectivity index (χ4n) is 2.77. The average molecular weight is 386 g/mol. The Labute approximate surface area is 153 Å². The molecule has 3 heterocycles. The SMILES string of the molecule is CC(=O)NC[C@H]1CN(c2cnc(N3CCSC(O)(O)C3)c(F)c2)C(=O)O1. The molecule has 1 atom stereocenters. The Kier molecular flexibility index (Phi) is 5.21. The van der Waals surface area contributed by atoms with Crippen molar-refractivity contribution in [2.75, 3.05) is 41.7 Å². The molecule has 11 heteroatoms. The van der Waals surface area contributed by atoms with Gasteiger partial charge in [-0.3, -0.25) is 9.69 Å². The molecule has 142 valence electrons. The number of halogens is 1. The van der Waals surface area contributed by atoms with Crippen LogP contribution in [0.15, 0.2) is 12.3 Å². The van der Waals surface area contributed by atoms with Gasteiger partial charge < -0.3 is 25.2 Å². The Morgan fingerprint density at radius 1 is 1.58 bits per heavy atom. The highest BCUT2D eigenvalue weighted by atomic mass is 32.2. The molecule has 2 saturated heterocycles. The van der Waals surface area contributed by atoms with Crippen LogP contribution in [0.4, 0.5) is 20.7 Å². The van der Waals surface area contributed by atoms with Crippen molar-refractivity contribution in [1.82, 2.24) is 10.3 Å². The number of rotatable bonds is 4. The Bertz CT molecular complexity index is 719. The van der Waals surface area contributed by atoms with Crippen LogP contribution in [0.5, 0.6) is 0 Å². The number of carbonyl (C=O) groups is 2. The maximum absolute atomic E-state index is 14.5. The Balaban J connectivity index is 1.71. The fourth-order valence-corrected chi connectivity index (χ4v) is 3.66. The molecule has 0 bridgehead atoms. The summed E-state index contributed by atoms with van der Waals surface area (Å²) in [5.74, 6) is -0.508. The summed E-state index contributed by atoms with van der Waals surface area (Å²) in [6, 6.07) is 1.16. The quantitative estimate of drug-likeness (QED) is 0.613. The van der Waals surface area contributed by atoms with Crippen molar-refractivity contribution in [2.24, 2.45) is 0 Å². The molecule has 0 saturated carbocycles. The number of hydrogen-bond donors (Lipinski definition) is 3. The van der Waals surface area contributed by atoms with E-state index >= 15 is 0 Å². The predicted molar refractivity (Wildman–Crippen MR) is 92.3 cm³/mol. The van der Waals surface area contributed by atoms with E-state index in [4.69, 9.17) is 4.74 Å². The van der Waals surface area contributed by atoms with Crippen molar-refractivity contribution in [1.29, 1.82) is 0 Å².